The molecule has 0 N–H and O–H groups in total. The van der Waals surface area contributed by atoms with Crippen LogP contribution in [0, 0.1) is 0 Å². The van der Waals surface area contributed by atoms with E-state index in [9.17, 15) is 0 Å². The van der Waals surface area contributed by atoms with E-state index in [1.165, 1.54) is 30.8 Å². The minimum absolute atomic E-state index is 0.439. The molecule has 1 aliphatic heterocycles. The molecule has 3 rings (SSSR count). The van der Waals surface area contributed by atoms with Crippen LogP contribution in [0.1, 0.15) is 24.0 Å². The third-order valence-corrected chi connectivity index (χ3v) is 6.70. The van der Waals surface area contributed by atoms with Crippen molar-refractivity contribution in [3.8, 4) is 0 Å². The summed E-state index contributed by atoms with van der Waals surface area (Å²) in [6.45, 7) is 0. The molecule has 0 radical (unpaired) electrons. The van der Waals surface area contributed by atoms with E-state index in [2.05, 4.69) is 47.8 Å². The molecule has 74 valence electrons. The summed E-state index contributed by atoms with van der Waals surface area (Å²) in [6, 6.07) is 9.04. The maximum Gasteiger partial charge on any atom is 0.0863 e. The molecule has 0 atom stereocenters. The number of hydrogen-bond donors (Lipinski definition) is 0. The Kier molecular flexibility index (Phi) is 2.29. The van der Waals surface area contributed by atoms with Crippen molar-refractivity contribution in [3.63, 3.8) is 0 Å². The van der Waals surface area contributed by atoms with E-state index in [1.54, 1.807) is 11.1 Å². The monoisotopic (exact) mass is 222 g/mol. The Labute approximate surface area is 93.9 Å². The van der Waals surface area contributed by atoms with Crippen molar-refractivity contribution in [1.82, 2.24) is 0 Å². The van der Waals surface area contributed by atoms with Crippen molar-refractivity contribution in [2.75, 3.05) is 11.5 Å². The number of hydrogen-bond acceptors (Lipinski definition) is 2. The second-order valence-corrected chi connectivity index (χ2v) is 7.01. The third kappa shape index (κ3) is 1.31. The first-order valence-electron chi connectivity index (χ1n) is 5.27. The van der Waals surface area contributed by atoms with Gasteiger partial charge in [0, 0.05) is 11.5 Å². The lowest BCUT2D eigenvalue weighted by atomic mass is 9.91. The predicted molar refractivity (Wildman–Crippen MR) is 66.0 cm³/mol. The minimum Gasteiger partial charge on any atom is -0.139 e. The van der Waals surface area contributed by atoms with E-state index in [1.807, 2.05) is 0 Å². The predicted octanol–water partition coefficient (Wildman–Crippen LogP) is 3.66. The molecule has 0 unspecified atom stereocenters. The van der Waals surface area contributed by atoms with Gasteiger partial charge in [0.15, 0.2) is 0 Å². The summed E-state index contributed by atoms with van der Waals surface area (Å²) in [6.07, 6.45) is 4.04. The first-order valence-corrected chi connectivity index (χ1v) is 7.24. The summed E-state index contributed by atoms with van der Waals surface area (Å²) in [7, 11) is 0. The molecule has 14 heavy (non-hydrogen) atoms. The average molecular weight is 222 g/mol. The van der Waals surface area contributed by atoms with Crippen LogP contribution in [0.2, 0.25) is 0 Å². The first-order chi connectivity index (χ1) is 6.91. The van der Waals surface area contributed by atoms with E-state index in [0.717, 1.165) is 0 Å². The molecule has 0 bridgehead atoms. The summed E-state index contributed by atoms with van der Waals surface area (Å²) >= 11 is 4.34. The molecule has 0 nitrogen and oxygen atoms in total. The Balaban J connectivity index is 2.10. The van der Waals surface area contributed by atoms with Crippen LogP contribution < -0.4 is 0 Å². The minimum atomic E-state index is 0.439. The van der Waals surface area contributed by atoms with Gasteiger partial charge in [-0.1, -0.05) is 24.3 Å². The van der Waals surface area contributed by atoms with E-state index in [4.69, 9.17) is 0 Å². The van der Waals surface area contributed by atoms with Crippen LogP contribution in [-0.2, 0) is 10.5 Å². The standard InChI is InChI=1S/C12H14S2/c1-2-6-11-10(4-1)5-3-7-12(11)13-8-9-14-12/h1-2,4,6H,3,5,7-9H2. The topological polar surface area (TPSA) is 0 Å². The fourth-order valence-corrected chi connectivity index (χ4v) is 5.96. The molecule has 0 saturated carbocycles. The molecule has 2 aliphatic rings. The van der Waals surface area contributed by atoms with E-state index >= 15 is 0 Å². The van der Waals surface area contributed by atoms with Gasteiger partial charge >= 0.3 is 0 Å². The fraction of sp³-hybridized carbons (Fsp3) is 0.500. The Morgan fingerprint density at radius 2 is 1.86 bits per heavy atom. The Morgan fingerprint density at radius 3 is 2.71 bits per heavy atom. The van der Waals surface area contributed by atoms with Gasteiger partial charge in [-0.2, -0.15) is 0 Å². The van der Waals surface area contributed by atoms with Crippen molar-refractivity contribution >= 4 is 23.5 Å². The van der Waals surface area contributed by atoms with Crippen molar-refractivity contribution in [3.05, 3.63) is 35.4 Å². The highest BCUT2D eigenvalue weighted by Crippen LogP contribution is 2.57. The summed E-state index contributed by atoms with van der Waals surface area (Å²) in [5.74, 6) is 2.66. The van der Waals surface area contributed by atoms with E-state index < -0.39 is 0 Å². The molecule has 2 heteroatoms. The zero-order valence-corrected chi connectivity index (χ0v) is 9.79. The molecule has 1 aromatic carbocycles. The quantitative estimate of drug-likeness (QED) is 0.657. The van der Waals surface area contributed by atoms with Crippen LogP contribution in [0.3, 0.4) is 0 Å². The van der Waals surface area contributed by atoms with Crippen LogP contribution in [0.4, 0.5) is 0 Å². The lowest BCUT2D eigenvalue weighted by Crippen LogP contribution is -2.21. The molecule has 1 saturated heterocycles. The molecule has 0 aromatic heterocycles. The van der Waals surface area contributed by atoms with Crippen molar-refractivity contribution in [1.29, 1.82) is 0 Å². The largest absolute Gasteiger partial charge is 0.139 e. The van der Waals surface area contributed by atoms with Crippen LogP contribution in [-0.4, -0.2) is 11.5 Å². The molecule has 1 aromatic rings. The highest BCUT2D eigenvalue weighted by molar-refractivity contribution is 8.20. The highest BCUT2D eigenvalue weighted by Gasteiger charge is 2.40. The van der Waals surface area contributed by atoms with Crippen molar-refractivity contribution in [2.45, 2.75) is 23.3 Å². The SMILES string of the molecule is c1ccc2c(c1)CCCC21SCCS1. The van der Waals surface area contributed by atoms with Crippen molar-refractivity contribution < 1.29 is 0 Å². The summed E-state index contributed by atoms with van der Waals surface area (Å²) in [5, 5.41) is 0. The van der Waals surface area contributed by atoms with E-state index in [0.29, 0.717) is 4.08 Å². The van der Waals surface area contributed by atoms with Gasteiger partial charge in [0.05, 0.1) is 4.08 Å². The van der Waals surface area contributed by atoms with Crippen molar-refractivity contribution in [2.24, 2.45) is 0 Å². The third-order valence-electron chi connectivity index (χ3n) is 3.13. The Morgan fingerprint density at radius 1 is 1.07 bits per heavy atom. The van der Waals surface area contributed by atoms with Gasteiger partial charge in [-0.15, -0.1) is 23.5 Å². The molecule has 1 spiro atoms. The number of thioether (sulfide) groups is 2. The average Bonchev–Trinajstić information content (AvgIpc) is 2.68. The number of fused-ring (bicyclic) bond motifs is 2. The Bertz CT molecular complexity index is 340. The highest BCUT2D eigenvalue weighted by atomic mass is 32.2. The maximum absolute atomic E-state index is 2.35. The van der Waals surface area contributed by atoms with Gasteiger partial charge in [0.25, 0.3) is 0 Å². The molecular formula is C12H14S2. The second kappa shape index (κ2) is 3.49. The molecule has 1 aliphatic carbocycles. The zero-order valence-electron chi connectivity index (χ0n) is 8.16. The van der Waals surface area contributed by atoms with E-state index in [-0.39, 0.29) is 0 Å². The van der Waals surface area contributed by atoms with Crippen LogP contribution in [0.5, 0.6) is 0 Å². The Hall–Kier alpha value is -0.0800. The molecular weight excluding hydrogens is 208 g/mol. The van der Waals surface area contributed by atoms with Gasteiger partial charge < -0.3 is 0 Å². The number of aryl methyl sites for hydroxylation is 1. The van der Waals surface area contributed by atoms with Gasteiger partial charge in [0.1, 0.15) is 0 Å². The normalized spacial score (nSPS) is 23.7. The first kappa shape index (κ1) is 9.17. The zero-order chi connectivity index (χ0) is 9.43. The van der Waals surface area contributed by atoms with Gasteiger partial charge in [-0.3, -0.25) is 0 Å². The molecule has 0 amide bonds. The molecule has 1 heterocycles. The van der Waals surface area contributed by atoms with Gasteiger partial charge in [0.2, 0.25) is 0 Å². The maximum atomic E-state index is 2.35. The summed E-state index contributed by atoms with van der Waals surface area (Å²) < 4.78 is 0.439. The van der Waals surface area contributed by atoms with Crippen LogP contribution in [0.15, 0.2) is 24.3 Å². The smallest absolute Gasteiger partial charge is 0.0863 e. The lowest BCUT2D eigenvalue weighted by molar-refractivity contribution is 0.644. The van der Waals surface area contributed by atoms with Crippen LogP contribution >= 0.6 is 23.5 Å². The number of benzene rings is 1. The number of rotatable bonds is 0. The van der Waals surface area contributed by atoms with Crippen LogP contribution in [0.25, 0.3) is 0 Å². The summed E-state index contributed by atoms with van der Waals surface area (Å²) in [4.78, 5) is 0. The molecule has 1 fully saturated rings. The fourth-order valence-electron chi connectivity index (χ4n) is 2.51. The van der Waals surface area contributed by atoms with Gasteiger partial charge in [-0.05, 0) is 30.4 Å². The summed E-state index contributed by atoms with van der Waals surface area (Å²) in [5.41, 5.74) is 3.22. The lowest BCUT2D eigenvalue weighted by Gasteiger charge is -2.34. The second-order valence-electron chi connectivity index (χ2n) is 3.96. The van der Waals surface area contributed by atoms with Gasteiger partial charge in [-0.25, -0.2) is 0 Å².